The number of benzene rings is 3. The number of aromatic nitrogens is 1. The summed E-state index contributed by atoms with van der Waals surface area (Å²) in [6.07, 6.45) is 3.15. The summed E-state index contributed by atoms with van der Waals surface area (Å²) < 4.78 is 24.5. The molecule has 0 saturated carbocycles. The van der Waals surface area contributed by atoms with Gasteiger partial charge in [-0.3, -0.25) is 9.69 Å². The number of amides is 1. The van der Waals surface area contributed by atoms with Crippen LogP contribution in [0.25, 0.3) is 10.2 Å². The van der Waals surface area contributed by atoms with Crippen LogP contribution in [0.1, 0.15) is 15.9 Å². The monoisotopic (exact) mass is 468 g/mol. The predicted octanol–water partition coefficient (Wildman–Crippen LogP) is 5.27. The normalized spacial score (nSPS) is 11.5. The molecule has 0 radical (unpaired) electrons. The van der Waals surface area contributed by atoms with Gasteiger partial charge in [0.25, 0.3) is 5.91 Å². The van der Waals surface area contributed by atoms with E-state index in [9.17, 15) is 13.2 Å². The van der Waals surface area contributed by atoms with Gasteiger partial charge in [-0.2, -0.15) is 0 Å². The summed E-state index contributed by atoms with van der Waals surface area (Å²) in [5, 5.41) is 0.609. The Kier molecular flexibility index (Phi) is 6.13. The van der Waals surface area contributed by atoms with E-state index in [4.69, 9.17) is 4.98 Å². The third-order valence-corrected chi connectivity index (χ3v) is 7.72. The van der Waals surface area contributed by atoms with Crippen molar-refractivity contribution in [3.63, 3.8) is 0 Å². The summed E-state index contributed by atoms with van der Waals surface area (Å²) in [7, 11) is -3.33. The van der Waals surface area contributed by atoms with Gasteiger partial charge in [0.05, 0.1) is 21.7 Å². The molecule has 0 aliphatic rings. The number of para-hydroxylation sites is 1. The Morgan fingerprint density at radius 1 is 1.00 bits per heavy atom. The summed E-state index contributed by atoms with van der Waals surface area (Å²) in [6.45, 7) is 0.363. The number of carbonyl (C=O) groups is 1. The van der Waals surface area contributed by atoms with Crippen molar-refractivity contribution in [3.05, 3.63) is 83.9 Å². The lowest BCUT2D eigenvalue weighted by Gasteiger charge is -2.20. The predicted molar refractivity (Wildman–Crippen MR) is 128 cm³/mol. The molecule has 8 heteroatoms. The second-order valence-corrected chi connectivity index (χ2v) is 10.8. The highest BCUT2D eigenvalue weighted by molar-refractivity contribution is 7.98. The highest BCUT2D eigenvalue weighted by atomic mass is 32.2. The summed E-state index contributed by atoms with van der Waals surface area (Å²) in [5.74, 6) is -0.228. The molecule has 0 spiro atoms. The average Bonchev–Trinajstić information content (AvgIpc) is 3.21. The Bertz CT molecular complexity index is 1330. The fraction of sp³-hybridized carbons (Fsp3) is 0.130. The quantitative estimate of drug-likeness (QED) is 0.361. The molecule has 0 unspecified atom stereocenters. The van der Waals surface area contributed by atoms with Gasteiger partial charge in [-0.05, 0) is 48.2 Å². The van der Waals surface area contributed by atoms with Crippen molar-refractivity contribution in [2.75, 3.05) is 17.4 Å². The zero-order chi connectivity index (χ0) is 22.0. The number of thioether (sulfide) groups is 1. The van der Waals surface area contributed by atoms with Crippen LogP contribution in [0.15, 0.2) is 82.6 Å². The summed E-state index contributed by atoms with van der Waals surface area (Å²) in [4.78, 5) is 21.2. The van der Waals surface area contributed by atoms with Crippen molar-refractivity contribution in [1.82, 2.24) is 4.98 Å². The molecule has 0 atom stereocenters. The maximum Gasteiger partial charge on any atom is 0.260 e. The third kappa shape index (κ3) is 4.66. The minimum atomic E-state index is -3.33. The van der Waals surface area contributed by atoms with Crippen molar-refractivity contribution < 1.29 is 13.2 Å². The maximum atomic E-state index is 13.5. The third-order valence-electron chi connectivity index (χ3n) is 4.78. The van der Waals surface area contributed by atoms with Crippen molar-refractivity contribution in [2.24, 2.45) is 0 Å². The SMILES string of the molecule is CSc1cccc2sc(N(Cc3ccccc3)C(=O)c3ccc(S(C)(=O)=O)cc3)nc12. The number of thiazole rings is 1. The van der Waals surface area contributed by atoms with Crippen LogP contribution >= 0.6 is 23.1 Å². The van der Waals surface area contributed by atoms with Gasteiger partial charge in [-0.15, -0.1) is 11.8 Å². The van der Waals surface area contributed by atoms with Crippen molar-refractivity contribution in [3.8, 4) is 0 Å². The van der Waals surface area contributed by atoms with Gasteiger partial charge in [0, 0.05) is 16.7 Å². The molecule has 4 rings (SSSR count). The first-order valence-electron chi connectivity index (χ1n) is 9.46. The second kappa shape index (κ2) is 8.82. The topological polar surface area (TPSA) is 67.3 Å². The minimum Gasteiger partial charge on any atom is -0.279 e. The van der Waals surface area contributed by atoms with Crippen LogP contribution in [0, 0.1) is 0 Å². The van der Waals surface area contributed by atoms with Gasteiger partial charge >= 0.3 is 0 Å². The van der Waals surface area contributed by atoms with Crippen LogP contribution in [-0.2, 0) is 16.4 Å². The van der Waals surface area contributed by atoms with Crippen LogP contribution in [-0.4, -0.2) is 31.8 Å². The lowest BCUT2D eigenvalue weighted by molar-refractivity contribution is 0.0985. The highest BCUT2D eigenvalue weighted by Crippen LogP contribution is 2.35. The minimum absolute atomic E-state index is 0.184. The van der Waals surface area contributed by atoms with E-state index in [0.717, 1.165) is 26.9 Å². The molecule has 0 saturated heterocycles. The fourth-order valence-electron chi connectivity index (χ4n) is 3.18. The number of carbonyl (C=O) groups excluding carboxylic acids is 1. The molecule has 0 aliphatic carbocycles. The van der Waals surface area contributed by atoms with E-state index in [2.05, 4.69) is 0 Å². The molecule has 0 aliphatic heterocycles. The first-order chi connectivity index (χ1) is 14.9. The Labute approximate surface area is 189 Å². The molecular formula is C23H20N2O3S3. The lowest BCUT2D eigenvalue weighted by atomic mass is 10.1. The highest BCUT2D eigenvalue weighted by Gasteiger charge is 2.23. The molecule has 4 aromatic rings. The number of rotatable bonds is 6. The number of sulfone groups is 1. The molecule has 0 N–H and O–H groups in total. The summed E-state index contributed by atoms with van der Waals surface area (Å²) in [5.41, 5.74) is 2.27. The number of fused-ring (bicyclic) bond motifs is 1. The Hall–Kier alpha value is -2.68. The van der Waals surface area contributed by atoms with E-state index in [-0.39, 0.29) is 10.8 Å². The van der Waals surface area contributed by atoms with Crippen LogP contribution < -0.4 is 4.90 Å². The molecule has 0 bridgehead atoms. The standard InChI is InChI=1S/C23H20N2O3S3/c1-29-19-9-6-10-20-21(19)24-23(30-20)25(15-16-7-4-3-5-8-16)22(26)17-11-13-18(14-12-17)31(2,27)28/h3-14H,15H2,1-2H3. The van der Waals surface area contributed by atoms with Crippen molar-refractivity contribution in [1.29, 1.82) is 0 Å². The molecule has 1 amide bonds. The molecule has 0 fully saturated rings. The van der Waals surface area contributed by atoms with Gasteiger partial charge in [0.2, 0.25) is 0 Å². The molecule has 5 nitrogen and oxygen atoms in total. The average molecular weight is 469 g/mol. The Morgan fingerprint density at radius 3 is 2.35 bits per heavy atom. The smallest absolute Gasteiger partial charge is 0.260 e. The molecule has 1 aromatic heterocycles. The van der Waals surface area contributed by atoms with Crippen LogP contribution in [0.5, 0.6) is 0 Å². The number of anilines is 1. The van der Waals surface area contributed by atoms with E-state index in [1.165, 1.54) is 23.5 Å². The van der Waals surface area contributed by atoms with Gasteiger partial charge < -0.3 is 0 Å². The Balaban J connectivity index is 1.77. The van der Waals surface area contributed by atoms with E-state index >= 15 is 0 Å². The van der Waals surface area contributed by atoms with E-state index in [1.807, 2.05) is 54.8 Å². The van der Waals surface area contributed by atoms with Crippen LogP contribution in [0.2, 0.25) is 0 Å². The van der Waals surface area contributed by atoms with Gasteiger partial charge in [0.1, 0.15) is 0 Å². The molecule has 31 heavy (non-hydrogen) atoms. The molecule has 158 valence electrons. The van der Waals surface area contributed by atoms with E-state index in [1.54, 1.807) is 28.8 Å². The van der Waals surface area contributed by atoms with Crippen LogP contribution in [0.4, 0.5) is 5.13 Å². The van der Waals surface area contributed by atoms with Crippen LogP contribution in [0.3, 0.4) is 0 Å². The van der Waals surface area contributed by atoms with Gasteiger partial charge in [-0.1, -0.05) is 47.7 Å². The van der Waals surface area contributed by atoms with Crippen molar-refractivity contribution in [2.45, 2.75) is 16.3 Å². The zero-order valence-electron chi connectivity index (χ0n) is 17.0. The number of nitrogens with zero attached hydrogens (tertiary/aromatic N) is 2. The van der Waals surface area contributed by atoms with Gasteiger partial charge in [0.15, 0.2) is 15.0 Å². The largest absolute Gasteiger partial charge is 0.279 e. The molecule has 1 heterocycles. The Morgan fingerprint density at radius 2 is 1.71 bits per heavy atom. The fourth-order valence-corrected chi connectivity index (χ4v) is 5.43. The molecule has 3 aromatic carbocycles. The van der Waals surface area contributed by atoms with Gasteiger partial charge in [-0.25, -0.2) is 13.4 Å². The second-order valence-electron chi connectivity index (χ2n) is 6.98. The number of hydrogen-bond acceptors (Lipinski definition) is 6. The first-order valence-corrected chi connectivity index (χ1v) is 13.4. The molecular weight excluding hydrogens is 448 g/mol. The lowest BCUT2D eigenvalue weighted by Crippen LogP contribution is -2.30. The summed E-state index contributed by atoms with van der Waals surface area (Å²) >= 11 is 3.09. The van der Waals surface area contributed by atoms with E-state index < -0.39 is 9.84 Å². The van der Waals surface area contributed by atoms with Crippen molar-refractivity contribution >= 4 is 54.2 Å². The zero-order valence-corrected chi connectivity index (χ0v) is 19.4. The number of hydrogen-bond donors (Lipinski definition) is 0. The first kappa shape index (κ1) is 21.5. The maximum absolute atomic E-state index is 13.5. The van der Waals surface area contributed by atoms with E-state index in [0.29, 0.717) is 17.2 Å². The summed E-state index contributed by atoms with van der Waals surface area (Å²) in [6, 6.07) is 21.8.